The summed E-state index contributed by atoms with van der Waals surface area (Å²) in [5.74, 6) is -4.73. The van der Waals surface area contributed by atoms with Gasteiger partial charge in [-0.3, -0.25) is 9.59 Å². The van der Waals surface area contributed by atoms with Crippen LogP contribution < -0.4 is 5.32 Å². The van der Waals surface area contributed by atoms with E-state index >= 15 is 0 Å². The molecule has 16 nitrogen and oxygen atoms in total. The highest BCUT2D eigenvalue weighted by atomic mass is 16.7. The summed E-state index contributed by atoms with van der Waals surface area (Å²) in [6.07, 6.45) is -1.58. The molecule has 4 heterocycles. The van der Waals surface area contributed by atoms with Gasteiger partial charge in [0.15, 0.2) is 12.1 Å². The molecule has 3 aliphatic rings. The molecule has 0 spiro atoms. The number of aliphatic hydroxyl groups excluding tert-OH is 2. The first-order valence-electron chi connectivity index (χ1n) is 19.8. The molecule has 0 saturated carbocycles. The maximum Gasteiger partial charge on any atom is 0.316 e. The minimum atomic E-state index is -1.90. The highest BCUT2D eigenvalue weighted by molar-refractivity contribution is 6.05. The van der Waals surface area contributed by atoms with E-state index < -0.39 is 77.3 Å². The number of nitrogens with one attached hydrogen (secondary N) is 1. The second kappa shape index (κ2) is 19.3. The van der Waals surface area contributed by atoms with E-state index in [4.69, 9.17) is 31.8 Å². The molecule has 1 aromatic rings. The molecule has 0 aromatic carbocycles. The van der Waals surface area contributed by atoms with Crippen molar-refractivity contribution in [1.29, 1.82) is 0 Å². The maximum atomic E-state index is 14.3. The zero-order valence-corrected chi connectivity index (χ0v) is 34.4. The largest absolute Gasteiger partial charge is 0.459 e. The van der Waals surface area contributed by atoms with Gasteiger partial charge in [-0.15, -0.1) is 5.10 Å². The van der Waals surface area contributed by atoms with Crippen molar-refractivity contribution < 1.29 is 48.7 Å². The SMILES string of the molecule is [B]n1cc(CCN(C)[C@H]2C[C@@H](C)O[C@H](O[C@@H]3[C@H](C)C(=O)[C@@H](C)C(=O)O[C@H](CC)[C@@](C)(O)[C@H](O)[C@@H](C)/C(=N/O[C@@H]4CCCNC4)[C@H](C)C[C@@]3(C)OC)[C@@H]2O)nn1. The van der Waals surface area contributed by atoms with Crippen molar-refractivity contribution in [2.24, 2.45) is 28.8 Å². The Kier molecular flexibility index (Phi) is 15.9. The maximum absolute atomic E-state index is 14.3. The number of aromatic nitrogens is 3. The summed E-state index contributed by atoms with van der Waals surface area (Å²) < 4.78 is 26.2. The van der Waals surface area contributed by atoms with E-state index in [2.05, 4.69) is 20.8 Å². The third-order valence-electron chi connectivity index (χ3n) is 12.1. The molecule has 3 fully saturated rings. The van der Waals surface area contributed by atoms with Crippen LogP contribution in [0.1, 0.15) is 93.2 Å². The molecule has 3 saturated heterocycles. The Morgan fingerprint density at radius 3 is 2.47 bits per heavy atom. The number of nitrogens with zero attached hydrogens (tertiary/aromatic N) is 5. The van der Waals surface area contributed by atoms with Crippen LogP contribution in [-0.4, -0.2) is 155 Å². The lowest BCUT2D eigenvalue weighted by molar-refractivity contribution is -0.295. The number of carbonyl (C=O) groups is 2. The van der Waals surface area contributed by atoms with Crippen LogP contribution in [0.25, 0.3) is 0 Å². The minimum Gasteiger partial charge on any atom is -0.459 e. The van der Waals surface area contributed by atoms with Crippen molar-refractivity contribution in [3.05, 3.63) is 11.9 Å². The number of ether oxygens (including phenoxy) is 4. The molecule has 55 heavy (non-hydrogen) atoms. The van der Waals surface area contributed by atoms with Crippen LogP contribution in [0.2, 0.25) is 0 Å². The van der Waals surface area contributed by atoms with E-state index in [1.807, 2.05) is 32.7 Å². The van der Waals surface area contributed by atoms with Crippen molar-refractivity contribution in [2.45, 2.75) is 154 Å². The number of methoxy groups -OCH3 is 1. The number of hydrogen-bond acceptors (Lipinski definition) is 15. The Balaban J connectivity index is 1.72. The van der Waals surface area contributed by atoms with Crippen LogP contribution in [0.5, 0.6) is 0 Å². The number of ketones is 1. The fraction of sp³-hybridized carbons (Fsp3) is 0.868. The molecular weight excluding hydrogens is 711 g/mol. The third kappa shape index (κ3) is 10.7. The summed E-state index contributed by atoms with van der Waals surface area (Å²) in [5.41, 5.74) is -1.97. The number of carbonyl (C=O) groups excluding carboxylic acids is 2. The Morgan fingerprint density at radius 1 is 1.16 bits per heavy atom. The first-order valence-corrected chi connectivity index (χ1v) is 19.8. The van der Waals surface area contributed by atoms with Crippen LogP contribution >= 0.6 is 0 Å². The Bertz CT molecular complexity index is 1440. The van der Waals surface area contributed by atoms with Gasteiger partial charge in [-0.2, -0.15) is 0 Å². The molecule has 0 aliphatic carbocycles. The van der Waals surface area contributed by atoms with E-state index in [1.165, 1.54) is 21.0 Å². The third-order valence-corrected chi connectivity index (χ3v) is 12.1. The zero-order valence-electron chi connectivity index (χ0n) is 34.4. The quantitative estimate of drug-likeness (QED) is 0.115. The van der Waals surface area contributed by atoms with Crippen molar-refractivity contribution in [2.75, 3.05) is 33.8 Å². The normalized spacial score (nSPS) is 40.9. The Hall–Kier alpha value is -2.51. The van der Waals surface area contributed by atoms with Gasteiger partial charge in [-0.05, 0) is 73.4 Å². The van der Waals surface area contributed by atoms with Crippen LogP contribution in [0.3, 0.4) is 0 Å². The van der Waals surface area contributed by atoms with Gasteiger partial charge >= 0.3 is 5.97 Å². The number of hydrogen-bond donors (Lipinski definition) is 4. The van der Waals surface area contributed by atoms with Gasteiger partial charge in [0.25, 0.3) is 7.98 Å². The summed E-state index contributed by atoms with van der Waals surface area (Å²) in [6.45, 7) is 15.7. The van der Waals surface area contributed by atoms with Crippen molar-refractivity contribution in [1.82, 2.24) is 25.1 Å². The van der Waals surface area contributed by atoms with E-state index in [9.17, 15) is 24.9 Å². The zero-order chi connectivity index (χ0) is 40.8. The lowest BCUT2D eigenvalue weighted by Gasteiger charge is -2.47. The number of rotatable bonds is 10. The fourth-order valence-corrected chi connectivity index (χ4v) is 8.47. The van der Waals surface area contributed by atoms with Crippen LogP contribution in [0.4, 0.5) is 0 Å². The molecule has 17 heteroatoms. The molecule has 310 valence electrons. The number of Topliss-reactive ketones (excluding diaryl/α,β-unsaturated/α-hetero) is 1. The molecule has 0 unspecified atom stereocenters. The van der Waals surface area contributed by atoms with Gasteiger partial charge in [0.1, 0.15) is 29.8 Å². The van der Waals surface area contributed by atoms with Crippen LogP contribution in [0, 0.1) is 23.7 Å². The molecular formula is C38H65BN6O10. The van der Waals surface area contributed by atoms with Gasteiger partial charge in [0.05, 0.1) is 35.3 Å². The molecule has 4 N–H and O–H groups in total. The Morgan fingerprint density at radius 2 is 1.87 bits per heavy atom. The smallest absolute Gasteiger partial charge is 0.316 e. The first kappa shape index (κ1) is 45.2. The predicted octanol–water partition coefficient (Wildman–Crippen LogP) is 1.41. The number of cyclic esters (lactones) is 1. The first-order chi connectivity index (χ1) is 25.8. The van der Waals surface area contributed by atoms with Gasteiger partial charge in [0, 0.05) is 56.6 Å². The number of oxime groups is 1. The summed E-state index contributed by atoms with van der Waals surface area (Å²) in [5, 5.41) is 51.2. The highest BCUT2D eigenvalue weighted by Crippen LogP contribution is 2.39. The molecule has 0 bridgehead atoms. The summed E-state index contributed by atoms with van der Waals surface area (Å²) in [7, 11) is 9.10. The summed E-state index contributed by atoms with van der Waals surface area (Å²) >= 11 is 0. The van der Waals surface area contributed by atoms with E-state index in [-0.39, 0.29) is 31.1 Å². The summed E-state index contributed by atoms with van der Waals surface area (Å²) in [4.78, 5) is 36.0. The second-order valence-electron chi connectivity index (χ2n) is 16.5. The van der Waals surface area contributed by atoms with Crippen LogP contribution in [-0.2, 0) is 39.8 Å². The molecule has 4 rings (SSSR count). The van der Waals surface area contributed by atoms with Crippen molar-refractivity contribution in [3.63, 3.8) is 0 Å². The predicted molar refractivity (Wildman–Crippen MR) is 204 cm³/mol. The monoisotopic (exact) mass is 776 g/mol. The summed E-state index contributed by atoms with van der Waals surface area (Å²) in [6, 6.07) is -0.376. The van der Waals surface area contributed by atoms with Gasteiger partial charge in [-0.1, -0.05) is 38.1 Å². The molecule has 0 amide bonds. The lowest BCUT2D eigenvalue weighted by Crippen LogP contribution is -2.60. The average molecular weight is 777 g/mol. The van der Waals surface area contributed by atoms with E-state index in [0.717, 1.165) is 24.0 Å². The van der Waals surface area contributed by atoms with Gasteiger partial charge in [-0.25, -0.2) is 0 Å². The van der Waals surface area contributed by atoms with Crippen molar-refractivity contribution >= 4 is 25.4 Å². The van der Waals surface area contributed by atoms with Gasteiger partial charge in [0.2, 0.25) is 0 Å². The van der Waals surface area contributed by atoms with Crippen LogP contribution in [0.15, 0.2) is 11.4 Å². The molecule has 1 aromatic heterocycles. The standard InChI is InChI=1S/C38H65BN6O10/c1-11-29-38(8,50)33(48)23(4)30(42-55-27-13-12-15-40-19-27)21(2)18-37(7,51-10)34(24(5)31(46)25(6)35(49)53-29)54-36-32(47)28(17-22(3)52-36)44(9)16-14-26-20-45(39)43-41-26/h20-25,27-29,32-34,36,40,47-48,50H,11-19H2,1-10H3/b42-30+/t21-,22-,23+,24-,25-,27-,28+,29-,32-,33-,34-,36-,37-,38-/m1/s1. The fourth-order valence-electron chi connectivity index (χ4n) is 8.47. The number of piperidine rings is 1. The van der Waals surface area contributed by atoms with E-state index in [0.29, 0.717) is 37.3 Å². The molecule has 2 radical (unpaired) electrons. The average Bonchev–Trinajstić information content (AvgIpc) is 3.59. The number of esters is 1. The minimum absolute atomic E-state index is 0.177. The lowest BCUT2D eigenvalue weighted by atomic mass is 9.74. The number of aliphatic hydroxyl groups is 3. The Labute approximate surface area is 327 Å². The van der Waals surface area contributed by atoms with E-state index in [1.54, 1.807) is 27.0 Å². The molecule has 3 aliphatic heterocycles. The number of likely N-dealkylation sites (N-methyl/N-ethyl adjacent to an activating group) is 1. The highest BCUT2D eigenvalue weighted by Gasteiger charge is 2.52. The second-order valence-corrected chi connectivity index (χ2v) is 16.5. The van der Waals surface area contributed by atoms with Gasteiger partial charge < -0.3 is 53.9 Å². The molecule has 14 atom stereocenters. The van der Waals surface area contributed by atoms with Crippen molar-refractivity contribution in [3.8, 4) is 0 Å². The topological polar surface area (TPSA) is 199 Å².